The summed E-state index contributed by atoms with van der Waals surface area (Å²) in [5.74, 6) is 0.595. The number of carbonyl (C=O) groups excluding carboxylic acids is 1. The Morgan fingerprint density at radius 2 is 2.20 bits per heavy atom. The first-order valence-corrected chi connectivity index (χ1v) is 7.10. The van der Waals surface area contributed by atoms with Crippen LogP contribution in [0.4, 0.5) is 0 Å². The van der Waals surface area contributed by atoms with Crippen LogP contribution < -0.4 is 10.1 Å². The zero-order valence-electron chi connectivity index (χ0n) is 11.1. The number of hydrogen-bond acceptors (Lipinski definition) is 3. The highest BCUT2D eigenvalue weighted by Crippen LogP contribution is 2.15. The average molecular weight is 335 g/mol. The molecule has 0 aliphatic carbocycles. The summed E-state index contributed by atoms with van der Waals surface area (Å²) >= 11 is 3.31. The molecule has 104 valence electrons. The molecule has 0 unspecified atom stereocenters. The number of benzene rings is 1. The van der Waals surface area contributed by atoms with Crippen LogP contribution in [0, 0.1) is 0 Å². The quantitative estimate of drug-likeness (QED) is 0.913. The van der Waals surface area contributed by atoms with Gasteiger partial charge in [-0.25, -0.2) is 4.98 Å². The van der Waals surface area contributed by atoms with Crippen LogP contribution in [0.3, 0.4) is 0 Å². The van der Waals surface area contributed by atoms with E-state index in [1.54, 1.807) is 18.3 Å². The molecular formula is C15H15BrN2O2. The number of aromatic nitrogens is 1. The summed E-state index contributed by atoms with van der Waals surface area (Å²) in [6.07, 6.45) is 1.59. The van der Waals surface area contributed by atoms with Crippen LogP contribution >= 0.6 is 15.9 Å². The largest absolute Gasteiger partial charge is 0.494 e. The summed E-state index contributed by atoms with van der Waals surface area (Å²) in [5.41, 5.74) is 1.37. The lowest BCUT2D eigenvalue weighted by Gasteiger charge is -2.08. The molecule has 5 heteroatoms. The van der Waals surface area contributed by atoms with Gasteiger partial charge in [-0.3, -0.25) is 4.79 Å². The summed E-state index contributed by atoms with van der Waals surface area (Å²) in [4.78, 5) is 16.1. The minimum atomic E-state index is -0.209. The fourth-order valence-corrected chi connectivity index (χ4v) is 2.17. The van der Waals surface area contributed by atoms with E-state index >= 15 is 0 Å². The first-order valence-electron chi connectivity index (χ1n) is 6.31. The van der Waals surface area contributed by atoms with Gasteiger partial charge in [0.25, 0.3) is 5.91 Å². The maximum Gasteiger partial charge on any atom is 0.271 e. The molecule has 1 aromatic carbocycles. The van der Waals surface area contributed by atoms with E-state index in [-0.39, 0.29) is 5.91 Å². The van der Waals surface area contributed by atoms with Gasteiger partial charge < -0.3 is 10.1 Å². The summed E-state index contributed by atoms with van der Waals surface area (Å²) in [5, 5.41) is 2.84. The van der Waals surface area contributed by atoms with E-state index in [4.69, 9.17) is 4.74 Å². The number of rotatable bonds is 5. The van der Waals surface area contributed by atoms with Crippen molar-refractivity contribution in [2.75, 3.05) is 6.61 Å². The van der Waals surface area contributed by atoms with Gasteiger partial charge in [0.2, 0.25) is 0 Å². The molecule has 0 saturated carbocycles. The van der Waals surface area contributed by atoms with Crippen molar-refractivity contribution in [2.45, 2.75) is 13.5 Å². The van der Waals surface area contributed by atoms with E-state index in [2.05, 4.69) is 26.2 Å². The van der Waals surface area contributed by atoms with Gasteiger partial charge in [-0.1, -0.05) is 12.1 Å². The smallest absolute Gasteiger partial charge is 0.271 e. The highest BCUT2D eigenvalue weighted by molar-refractivity contribution is 9.10. The third-order valence-corrected chi connectivity index (χ3v) is 3.28. The zero-order valence-corrected chi connectivity index (χ0v) is 12.7. The molecule has 2 aromatic rings. The van der Waals surface area contributed by atoms with E-state index in [0.29, 0.717) is 23.3 Å². The standard InChI is InChI=1S/C15H15BrN2O2/c1-2-20-12-6-3-5-11(9-12)10-18-15(19)14-13(16)7-4-8-17-14/h3-9H,2,10H2,1H3,(H,18,19). The first kappa shape index (κ1) is 14.5. The van der Waals surface area contributed by atoms with Gasteiger partial charge in [-0.2, -0.15) is 0 Å². The Kier molecular flexibility index (Phi) is 5.12. The number of hydrogen-bond donors (Lipinski definition) is 1. The van der Waals surface area contributed by atoms with Gasteiger partial charge >= 0.3 is 0 Å². The zero-order chi connectivity index (χ0) is 14.4. The lowest BCUT2D eigenvalue weighted by atomic mass is 10.2. The fourth-order valence-electron chi connectivity index (χ4n) is 1.73. The molecule has 0 spiro atoms. The van der Waals surface area contributed by atoms with Crippen LogP contribution in [0.25, 0.3) is 0 Å². The molecule has 0 radical (unpaired) electrons. The number of nitrogens with zero attached hydrogens (tertiary/aromatic N) is 1. The summed E-state index contributed by atoms with van der Waals surface area (Å²) in [6, 6.07) is 11.2. The van der Waals surface area contributed by atoms with Gasteiger partial charge in [0.15, 0.2) is 0 Å². The molecule has 0 saturated heterocycles. The predicted octanol–water partition coefficient (Wildman–Crippen LogP) is 3.17. The SMILES string of the molecule is CCOc1cccc(CNC(=O)c2ncccc2Br)c1. The number of ether oxygens (including phenoxy) is 1. The molecule has 1 aromatic heterocycles. The fraction of sp³-hybridized carbons (Fsp3) is 0.200. The molecule has 1 N–H and O–H groups in total. The Labute approximate surface area is 126 Å². The Bertz CT molecular complexity index is 602. The molecule has 0 aliphatic heterocycles. The van der Waals surface area contributed by atoms with E-state index in [1.165, 1.54) is 0 Å². The maximum absolute atomic E-state index is 12.0. The van der Waals surface area contributed by atoms with Crippen molar-refractivity contribution in [3.63, 3.8) is 0 Å². The minimum absolute atomic E-state index is 0.209. The van der Waals surface area contributed by atoms with Crippen molar-refractivity contribution >= 4 is 21.8 Å². The Hall–Kier alpha value is -1.88. The minimum Gasteiger partial charge on any atom is -0.494 e. The molecule has 0 bridgehead atoms. The predicted molar refractivity (Wildman–Crippen MR) is 80.7 cm³/mol. The summed E-state index contributed by atoms with van der Waals surface area (Å²) in [7, 11) is 0. The van der Waals surface area contributed by atoms with Crippen molar-refractivity contribution in [1.82, 2.24) is 10.3 Å². The number of nitrogens with one attached hydrogen (secondary N) is 1. The first-order chi connectivity index (χ1) is 9.70. The van der Waals surface area contributed by atoms with Gasteiger partial charge in [0.1, 0.15) is 11.4 Å². The van der Waals surface area contributed by atoms with Crippen LogP contribution in [-0.4, -0.2) is 17.5 Å². The second kappa shape index (κ2) is 7.05. The number of carbonyl (C=O) groups is 1. The second-order valence-corrected chi connectivity index (χ2v) is 4.95. The van der Waals surface area contributed by atoms with E-state index < -0.39 is 0 Å². The Morgan fingerprint density at radius 1 is 1.35 bits per heavy atom. The van der Waals surface area contributed by atoms with E-state index in [1.807, 2.05) is 31.2 Å². The summed E-state index contributed by atoms with van der Waals surface area (Å²) < 4.78 is 6.11. The Morgan fingerprint density at radius 3 is 2.95 bits per heavy atom. The molecule has 0 fully saturated rings. The third-order valence-electron chi connectivity index (χ3n) is 2.64. The lowest BCUT2D eigenvalue weighted by molar-refractivity contribution is 0.0945. The molecule has 0 aliphatic rings. The highest BCUT2D eigenvalue weighted by Gasteiger charge is 2.10. The van der Waals surface area contributed by atoms with Crippen molar-refractivity contribution in [3.05, 3.63) is 58.3 Å². The van der Waals surface area contributed by atoms with Crippen LogP contribution in [-0.2, 0) is 6.54 Å². The topological polar surface area (TPSA) is 51.2 Å². The molecule has 4 nitrogen and oxygen atoms in total. The van der Waals surface area contributed by atoms with E-state index in [0.717, 1.165) is 11.3 Å². The van der Waals surface area contributed by atoms with Crippen LogP contribution in [0.1, 0.15) is 23.0 Å². The lowest BCUT2D eigenvalue weighted by Crippen LogP contribution is -2.24. The van der Waals surface area contributed by atoms with E-state index in [9.17, 15) is 4.79 Å². The van der Waals surface area contributed by atoms with Crippen molar-refractivity contribution < 1.29 is 9.53 Å². The molecule has 0 atom stereocenters. The van der Waals surface area contributed by atoms with Gasteiger partial charge in [0.05, 0.1) is 6.61 Å². The third kappa shape index (κ3) is 3.81. The van der Waals surface area contributed by atoms with Gasteiger partial charge in [-0.05, 0) is 52.7 Å². The molecule has 1 amide bonds. The van der Waals surface area contributed by atoms with Gasteiger partial charge in [0, 0.05) is 17.2 Å². The van der Waals surface area contributed by atoms with Crippen LogP contribution in [0.5, 0.6) is 5.75 Å². The van der Waals surface area contributed by atoms with Crippen molar-refractivity contribution in [1.29, 1.82) is 0 Å². The maximum atomic E-state index is 12.0. The molecular weight excluding hydrogens is 320 g/mol. The number of amides is 1. The molecule has 1 heterocycles. The average Bonchev–Trinajstić information content (AvgIpc) is 2.46. The van der Waals surface area contributed by atoms with Crippen LogP contribution in [0.2, 0.25) is 0 Å². The molecule has 2 rings (SSSR count). The summed E-state index contributed by atoms with van der Waals surface area (Å²) in [6.45, 7) is 2.99. The Balaban J connectivity index is 2.00. The number of halogens is 1. The van der Waals surface area contributed by atoms with Crippen molar-refractivity contribution in [3.8, 4) is 5.75 Å². The van der Waals surface area contributed by atoms with Gasteiger partial charge in [-0.15, -0.1) is 0 Å². The van der Waals surface area contributed by atoms with Crippen molar-refractivity contribution in [2.24, 2.45) is 0 Å². The normalized spacial score (nSPS) is 10.1. The molecule has 20 heavy (non-hydrogen) atoms. The monoisotopic (exact) mass is 334 g/mol. The number of pyridine rings is 1. The van der Waals surface area contributed by atoms with Crippen LogP contribution in [0.15, 0.2) is 47.1 Å². The second-order valence-electron chi connectivity index (χ2n) is 4.10. The highest BCUT2D eigenvalue weighted by atomic mass is 79.9.